The van der Waals surface area contributed by atoms with Crippen molar-refractivity contribution in [2.75, 3.05) is 25.5 Å². The van der Waals surface area contributed by atoms with Crippen LogP contribution in [0.15, 0.2) is 18.2 Å². The lowest BCUT2D eigenvalue weighted by Gasteiger charge is -2.27. The SMILES string of the molecule is CCCNC(=O)Nc1ccc(C(=O)N(C)CC2CCCCC2)c(Cl)c1. The Bertz CT molecular complexity index is 600. The number of hydrogen-bond acceptors (Lipinski definition) is 2. The molecule has 1 aromatic rings. The second kappa shape index (κ2) is 9.66. The molecular formula is C19H28ClN3O2. The van der Waals surface area contributed by atoms with Crippen molar-refractivity contribution < 1.29 is 9.59 Å². The zero-order valence-electron chi connectivity index (χ0n) is 15.1. The van der Waals surface area contributed by atoms with Crippen LogP contribution >= 0.6 is 11.6 Å². The van der Waals surface area contributed by atoms with Crippen LogP contribution in [0, 0.1) is 5.92 Å². The molecule has 1 saturated carbocycles. The average molecular weight is 366 g/mol. The molecule has 0 radical (unpaired) electrons. The predicted molar refractivity (Wildman–Crippen MR) is 102 cm³/mol. The Labute approximate surface area is 155 Å². The van der Waals surface area contributed by atoms with Crippen molar-refractivity contribution in [2.45, 2.75) is 45.4 Å². The molecule has 25 heavy (non-hydrogen) atoms. The summed E-state index contributed by atoms with van der Waals surface area (Å²) in [5.74, 6) is 0.516. The molecule has 6 heteroatoms. The van der Waals surface area contributed by atoms with E-state index in [4.69, 9.17) is 11.6 Å². The zero-order chi connectivity index (χ0) is 18.2. The number of benzene rings is 1. The summed E-state index contributed by atoms with van der Waals surface area (Å²) in [7, 11) is 1.83. The highest BCUT2D eigenvalue weighted by atomic mass is 35.5. The number of hydrogen-bond donors (Lipinski definition) is 2. The first kappa shape index (κ1) is 19.6. The predicted octanol–water partition coefficient (Wildman–Crippen LogP) is 4.52. The van der Waals surface area contributed by atoms with Gasteiger partial charge < -0.3 is 15.5 Å². The van der Waals surface area contributed by atoms with Crippen LogP contribution in [0.2, 0.25) is 5.02 Å². The third-order valence-corrected chi connectivity index (χ3v) is 4.91. The van der Waals surface area contributed by atoms with E-state index in [0.717, 1.165) is 13.0 Å². The number of nitrogens with zero attached hydrogens (tertiary/aromatic N) is 1. The molecule has 1 aromatic carbocycles. The third-order valence-electron chi connectivity index (χ3n) is 4.60. The molecule has 0 atom stereocenters. The fourth-order valence-corrected chi connectivity index (χ4v) is 3.49. The molecule has 1 aliphatic carbocycles. The maximum Gasteiger partial charge on any atom is 0.319 e. The summed E-state index contributed by atoms with van der Waals surface area (Å²) >= 11 is 6.28. The molecule has 5 nitrogen and oxygen atoms in total. The lowest BCUT2D eigenvalue weighted by molar-refractivity contribution is 0.0761. The fourth-order valence-electron chi connectivity index (χ4n) is 3.23. The van der Waals surface area contributed by atoms with Gasteiger partial charge in [0, 0.05) is 25.8 Å². The zero-order valence-corrected chi connectivity index (χ0v) is 15.9. The van der Waals surface area contributed by atoms with Crippen LogP contribution in [0.5, 0.6) is 0 Å². The van der Waals surface area contributed by atoms with Crippen molar-refractivity contribution in [2.24, 2.45) is 5.92 Å². The van der Waals surface area contributed by atoms with Gasteiger partial charge in [-0.25, -0.2) is 4.79 Å². The van der Waals surface area contributed by atoms with Gasteiger partial charge in [0.1, 0.15) is 0 Å². The molecule has 0 spiro atoms. The lowest BCUT2D eigenvalue weighted by Crippen LogP contribution is -2.33. The molecule has 1 fully saturated rings. The first-order valence-corrected chi connectivity index (χ1v) is 9.49. The van der Waals surface area contributed by atoms with Gasteiger partial charge in [-0.3, -0.25) is 4.79 Å². The van der Waals surface area contributed by atoms with Gasteiger partial charge in [-0.15, -0.1) is 0 Å². The molecule has 0 heterocycles. The molecule has 0 unspecified atom stereocenters. The highest BCUT2D eigenvalue weighted by Gasteiger charge is 2.21. The average Bonchev–Trinajstić information content (AvgIpc) is 2.60. The number of amides is 3. The maximum atomic E-state index is 12.7. The Morgan fingerprint density at radius 1 is 1.24 bits per heavy atom. The Morgan fingerprint density at radius 2 is 1.96 bits per heavy atom. The topological polar surface area (TPSA) is 61.4 Å². The maximum absolute atomic E-state index is 12.7. The molecule has 0 aromatic heterocycles. The molecule has 138 valence electrons. The van der Waals surface area contributed by atoms with E-state index < -0.39 is 0 Å². The van der Waals surface area contributed by atoms with Crippen molar-refractivity contribution in [3.8, 4) is 0 Å². The summed E-state index contributed by atoms with van der Waals surface area (Å²) in [5, 5.41) is 5.81. The Morgan fingerprint density at radius 3 is 2.60 bits per heavy atom. The smallest absolute Gasteiger partial charge is 0.319 e. The summed E-state index contributed by atoms with van der Waals surface area (Å²) in [6.45, 7) is 3.37. The van der Waals surface area contributed by atoms with Gasteiger partial charge in [0.25, 0.3) is 5.91 Å². The first-order valence-electron chi connectivity index (χ1n) is 9.11. The van der Waals surface area contributed by atoms with E-state index >= 15 is 0 Å². The number of carbonyl (C=O) groups excluding carboxylic acids is 2. The van der Waals surface area contributed by atoms with Crippen LogP contribution in [0.4, 0.5) is 10.5 Å². The second-order valence-electron chi connectivity index (χ2n) is 6.77. The monoisotopic (exact) mass is 365 g/mol. The van der Waals surface area contributed by atoms with Gasteiger partial charge in [-0.2, -0.15) is 0 Å². The van der Waals surface area contributed by atoms with E-state index in [0.29, 0.717) is 28.7 Å². The Balaban J connectivity index is 1.96. The summed E-state index contributed by atoms with van der Waals surface area (Å²) in [6, 6.07) is 4.73. The van der Waals surface area contributed by atoms with Crippen molar-refractivity contribution in [3.05, 3.63) is 28.8 Å². The highest BCUT2D eigenvalue weighted by molar-refractivity contribution is 6.34. The van der Waals surface area contributed by atoms with Crippen LogP contribution in [-0.4, -0.2) is 37.0 Å². The largest absolute Gasteiger partial charge is 0.341 e. The van der Waals surface area contributed by atoms with Crippen LogP contribution in [0.1, 0.15) is 55.8 Å². The Hall–Kier alpha value is -1.75. The van der Waals surface area contributed by atoms with Gasteiger partial charge in [0.15, 0.2) is 0 Å². The van der Waals surface area contributed by atoms with Crippen LogP contribution in [-0.2, 0) is 0 Å². The molecule has 1 aliphatic rings. The van der Waals surface area contributed by atoms with E-state index in [2.05, 4.69) is 10.6 Å². The minimum Gasteiger partial charge on any atom is -0.341 e. The highest BCUT2D eigenvalue weighted by Crippen LogP contribution is 2.26. The summed E-state index contributed by atoms with van der Waals surface area (Å²) in [5.41, 5.74) is 1.05. The molecule has 0 aliphatic heterocycles. The van der Waals surface area contributed by atoms with E-state index in [1.807, 2.05) is 14.0 Å². The first-order chi connectivity index (χ1) is 12.0. The van der Waals surface area contributed by atoms with E-state index in [1.165, 1.54) is 32.1 Å². The number of carbonyl (C=O) groups is 2. The van der Waals surface area contributed by atoms with Gasteiger partial charge >= 0.3 is 6.03 Å². The second-order valence-corrected chi connectivity index (χ2v) is 7.17. The van der Waals surface area contributed by atoms with Crippen molar-refractivity contribution in [1.29, 1.82) is 0 Å². The van der Waals surface area contributed by atoms with Crippen molar-refractivity contribution in [3.63, 3.8) is 0 Å². The summed E-state index contributed by atoms with van der Waals surface area (Å²) < 4.78 is 0. The molecule has 0 bridgehead atoms. The molecule has 3 amide bonds. The van der Waals surface area contributed by atoms with Gasteiger partial charge in [0.05, 0.1) is 10.6 Å². The third kappa shape index (κ3) is 5.92. The number of halogens is 1. The van der Waals surface area contributed by atoms with E-state index in [1.54, 1.807) is 23.1 Å². The number of urea groups is 1. The molecule has 0 saturated heterocycles. The fraction of sp³-hybridized carbons (Fsp3) is 0.579. The van der Waals surface area contributed by atoms with Gasteiger partial charge in [0.2, 0.25) is 0 Å². The molecular weight excluding hydrogens is 338 g/mol. The minimum atomic E-state index is -0.272. The molecule has 2 rings (SSSR count). The number of nitrogens with one attached hydrogen (secondary N) is 2. The van der Waals surface area contributed by atoms with E-state index in [9.17, 15) is 9.59 Å². The van der Waals surface area contributed by atoms with Gasteiger partial charge in [-0.1, -0.05) is 37.8 Å². The van der Waals surface area contributed by atoms with Crippen LogP contribution in [0.25, 0.3) is 0 Å². The summed E-state index contributed by atoms with van der Waals surface area (Å²) in [4.78, 5) is 26.1. The van der Waals surface area contributed by atoms with E-state index in [-0.39, 0.29) is 11.9 Å². The normalized spacial score (nSPS) is 14.8. The van der Waals surface area contributed by atoms with Crippen LogP contribution in [0.3, 0.4) is 0 Å². The number of rotatable bonds is 6. The number of anilines is 1. The van der Waals surface area contributed by atoms with Gasteiger partial charge in [-0.05, 0) is 43.4 Å². The molecule has 2 N–H and O–H groups in total. The van der Waals surface area contributed by atoms with Crippen molar-refractivity contribution in [1.82, 2.24) is 10.2 Å². The standard InChI is InChI=1S/C19H28ClN3O2/c1-3-11-21-19(25)22-15-9-10-16(17(20)12-15)18(24)23(2)13-14-7-5-4-6-8-14/h9-10,12,14H,3-8,11,13H2,1-2H3,(H2,21,22,25). The quantitative estimate of drug-likeness (QED) is 0.778. The minimum absolute atomic E-state index is 0.0717. The lowest BCUT2D eigenvalue weighted by atomic mass is 9.89. The van der Waals surface area contributed by atoms with Crippen LogP contribution < -0.4 is 10.6 Å². The van der Waals surface area contributed by atoms with Crippen molar-refractivity contribution >= 4 is 29.2 Å². The Kier molecular flexibility index (Phi) is 7.56. The summed E-state index contributed by atoms with van der Waals surface area (Å²) in [6.07, 6.45) is 7.08.